The molecular formula is C24H26F4N4O3S. The fourth-order valence-electron chi connectivity index (χ4n) is 3.91. The number of carbonyl (C=O) groups excluding carboxylic acids is 1. The van der Waals surface area contributed by atoms with Gasteiger partial charge in [-0.15, -0.1) is 11.3 Å². The summed E-state index contributed by atoms with van der Waals surface area (Å²) in [5.74, 6) is -0.115. The van der Waals surface area contributed by atoms with E-state index in [2.05, 4.69) is 15.4 Å². The molecule has 2 aromatic heterocycles. The van der Waals surface area contributed by atoms with Gasteiger partial charge in [0, 0.05) is 30.7 Å². The molecule has 1 saturated heterocycles. The Morgan fingerprint density at radius 1 is 1.22 bits per heavy atom. The number of ether oxygens (including phenoxy) is 2. The van der Waals surface area contributed by atoms with Gasteiger partial charge in [0.25, 0.3) is 0 Å². The Balaban J connectivity index is 1.46. The fourth-order valence-corrected chi connectivity index (χ4v) is 4.74. The molecule has 1 aliphatic heterocycles. The van der Waals surface area contributed by atoms with Crippen LogP contribution in [0.3, 0.4) is 0 Å². The van der Waals surface area contributed by atoms with Gasteiger partial charge in [-0.05, 0) is 43.0 Å². The van der Waals surface area contributed by atoms with E-state index in [1.807, 2.05) is 0 Å². The number of hydrogen-bond donors (Lipinski definition) is 1. The summed E-state index contributed by atoms with van der Waals surface area (Å²) in [7, 11) is 0. The van der Waals surface area contributed by atoms with E-state index in [0.717, 1.165) is 12.8 Å². The number of rotatable bonds is 10. The molecule has 12 heteroatoms. The number of halogens is 4. The molecule has 0 aliphatic carbocycles. The molecule has 1 fully saturated rings. The Morgan fingerprint density at radius 3 is 2.69 bits per heavy atom. The standard InChI is InChI=1S/C24H26F4N4O3S/c25-18-3-1-17(2-4-18)22-20(13-30-32(22)7-10-35-15-24(26,27)28)23-31-19(14-36-23)11-21(33)29-12-16-5-8-34-9-6-16/h1-4,13-14,16H,5-12,15H2,(H,29,33). The normalized spacial score (nSPS) is 14.8. The van der Waals surface area contributed by atoms with Crippen LogP contribution >= 0.6 is 11.3 Å². The molecule has 0 saturated carbocycles. The van der Waals surface area contributed by atoms with Gasteiger partial charge in [-0.25, -0.2) is 9.37 Å². The van der Waals surface area contributed by atoms with E-state index in [-0.39, 0.29) is 25.5 Å². The molecule has 0 atom stereocenters. The van der Waals surface area contributed by atoms with Crippen molar-refractivity contribution in [3.05, 3.63) is 47.4 Å². The van der Waals surface area contributed by atoms with E-state index in [1.54, 1.807) is 23.7 Å². The average Bonchev–Trinajstić information content (AvgIpc) is 3.48. The van der Waals surface area contributed by atoms with Gasteiger partial charge in [0.05, 0.1) is 42.7 Å². The van der Waals surface area contributed by atoms with Crippen LogP contribution in [-0.2, 0) is 27.2 Å². The van der Waals surface area contributed by atoms with Gasteiger partial charge in [0.1, 0.15) is 17.4 Å². The first-order chi connectivity index (χ1) is 17.3. The molecule has 1 aliphatic rings. The summed E-state index contributed by atoms with van der Waals surface area (Å²) in [6, 6.07) is 5.74. The Kier molecular flexibility index (Phi) is 8.70. The predicted molar refractivity (Wildman–Crippen MR) is 126 cm³/mol. The molecule has 0 unspecified atom stereocenters. The van der Waals surface area contributed by atoms with Gasteiger partial charge >= 0.3 is 6.18 Å². The van der Waals surface area contributed by atoms with Crippen LogP contribution < -0.4 is 5.32 Å². The van der Waals surface area contributed by atoms with E-state index < -0.39 is 18.6 Å². The third-order valence-electron chi connectivity index (χ3n) is 5.72. The second kappa shape index (κ2) is 11.9. The fraction of sp³-hybridized carbons (Fsp3) is 0.458. The minimum Gasteiger partial charge on any atom is -0.381 e. The quantitative estimate of drug-likeness (QED) is 0.312. The molecule has 7 nitrogen and oxygen atoms in total. The molecule has 0 spiro atoms. The van der Waals surface area contributed by atoms with E-state index >= 15 is 0 Å². The zero-order chi connectivity index (χ0) is 25.5. The lowest BCUT2D eigenvalue weighted by Gasteiger charge is -2.22. The summed E-state index contributed by atoms with van der Waals surface area (Å²) in [6.45, 7) is 0.556. The van der Waals surface area contributed by atoms with Crippen molar-refractivity contribution in [2.45, 2.75) is 32.0 Å². The maximum absolute atomic E-state index is 13.5. The van der Waals surface area contributed by atoms with Crippen LogP contribution in [0.1, 0.15) is 18.5 Å². The summed E-state index contributed by atoms with van der Waals surface area (Å²) in [5, 5.41) is 9.67. The van der Waals surface area contributed by atoms with Crippen molar-refractivity contribution in [1.82, 2.24) is 20.1 Å². The minimum absolute atomic E-state index is 0.0651. The zero-order valence-corrected chi connectivity index (χ0v) is 20.2. The molecule has 0 radical (unpaired) electrons. The first-order valence-corrected chi connectivity index (χ1v) is 12.4. The number of nitrogens with zero attached hydrogens (tertiary/aromatic N) is 3. The summed E-state index contributed by atoms with van der Waals surface area (Å²) >= 11 is 1.33. The van der Waals surface area contributed by atoms with Gasteiger partial charge in [-0.1, -0.05) is 0 Å². The molecule has 194 valence electrons. The highest BCUT2D eigenvalue weighted by molar-refractivity contribution is 7.13. The summed E-state index contributed by atoms with van der Waals surface area (Å²) in [4.78, 5) is 17.0. The molecule has 4 rings (SSSR count). The number of aromatic nitrogens is 3. The average molecular weight is 527 g/mol. The molecule has 36 heavy (non-hydrogen) atoms. The van der Waals surface area contributed by atoms with Crippen LogP contribution in [0.15, 0.2) is 35.8 Å². The highest BCUT2D eigenvalue weighted by Crippen LogP contribution is 2.34. The third kappa shape index (κ3) is 7.34. The van der Waals surface area contributed by atoms with Crippen molar-refractivity contribution in [1.29, 1.82) is 0 Å². The maximum Gasteiger partial charge on any atom is 0.411 e. The number of benzene rings is 1. The first kappa shape index (κ1) is 26.2. The number of thiazole rings is 1. The van der Waals surface area contributed by atoms with Gasteiger partial charge < -0.3 is 14.8 Å². The van der Waals surface area contributed by atoms with E-state index in [0.29, 0.717) is 53.2 Å². The van der Waals surface area contributed by atoms with Crippen molar-refractivity contribution in [2.24, 2.45) is 5.92 Å². The molecule has 1 N–H and O–H groups in total. The number of hydrogen-bond acceptors (Lipinski definition) is 6. The minimum atomic E-state index is -4.41. The second-order valence-electron chi connectivity index (χ2n) is 8.49. The largest absolute Gasteiger partial charge is 0.411 e. The molecular weight excluding hydrogens is 500 g/mol. The molecule has 3 aromatic rings. The number of alkyl halides is 3. The Morgan fingerprint density at radius 2 is 1.97 bits per heavy atom. The molecule has 1 aromatic carbocycles. The summed E-state index contributed by atoms with van der Waals surface area (Å²) in [5.41, 5.74) is 2.45. The molecule has 0 bridgehead atoms. The van der Waals surface area contributed by atoms with Gasteiger partial charge in [0.2, 0.25) is 5.91 Å². The molecule has 3 heterocycles. The second-order valence-corrected chi connectivity index (χ2v) is 9.34. The van der Waals surface area contributed by atoms with Gasteiger partial charge in [0.15, 0.2) is 0 Å². The lowest BCUT2D eigenvalue weighted by atomic mass is 10.0. The van der Waals surface area contributed by atoms with E-state index in [4.69, 9.17) is 9.47 Å². The number of amides is 1. The van der Waals surface area contributed by atoms with Crippen molar-refractivity contribution >= 4 is 17.2 Å². The van der Waals surface area contributed by atoms with Gasteiger partial charge in [-0.2, -0.15) is 18.3 Å². The number of carbonyl (C=O) groups is 1. The van der Waals surface area contributed by atoms with E-state index in [1.165, 1.54) is 28.2 Å². The van der Waals surface area contributed by atoms with Crippen molar-refractivity contribution in [3.8, 4) is 21.8 Å². The predicted octanol–water partition coefficient (Wildman–Crippen LogP) is 4.48. The van der Waals surface area contributed by atoms with Crippen LogP contribution in [0.4, 0.5) is 17.6 Å². The van der Waals surface area contributed by atoms with Crippen molar-refractivity contribution < 1.29 is 31.8 Å². The Labute approximate surface area is 209 Å². The van der Waals surface area contributed by atoms with Crippen LogP contribution in [0.5, 0.6) is 0 Å². The van der Waals surface area contributed by atoms with Crippen molar-refractivity contribution in [3.63, 3.8) is 0 Å². The topological polar surface area (TPSA) is 78.3 Å². The van der Waals surface area contributed by atoms with Crippen LogP contribution in [-0.4, -0.2) is 59.8 Å². The lowest BCUT2D eigenvalue weighted by Crippen LogP contribution is -2.33. The third-order valence-corrected chi connectivity index (χ3v) is 6.65. The van der Waals surface area contributed by atoms with Crippen LogP contribution in [0.2, 0.25) is 0 Å². The van der Waals surface area contributed by atoms with Gasteiger partial charge in [-0.3, -0.25) is 9.48 Å². The maximum atomic E-state index is 13.5. The Hall–Kier alpha value is -2.83. The number of nitrogens with one attached hydrogen (secondary N) is 1. The zero-order valence-electron chi connectivity index (χ0n) is 19.4. The highest BCUT2D eigenvalue weighted by Gasteiger charge is 2.27. The summed E-state index contributed by atoms with van der Waals surface area (Å²) < 4.78 is 62.3. The smallest absolute Gasteiger partial charge is 0.381 e. The SMILES string of the molecule is O=C(Cc1csc(-c2cnn(CCOCC(F)(F)F)c2-c2ccc(F)cc2)n1)NCC1CCOCC1. The lowest BCUT2D eigenvalue weighted by molar-refractivity contribution is -0.174. The van der Waals surface area contributed by atoms with Crippen LogP contribution in [0, 0.1) is 11.7 Å². The van der Waals surface area contributed by atoms with Crippen LogP contribution in [0.25, 0.3) is 21.8 Å². The molecule has 1 amide bonds. The summed E-state index contributed by atoms with van der Waals surface area (Å²) in [6.07, 6.45) is -0.859. The monoisotopic (exact) mass is 526 g/mol. The first-order valence-electron chi connectivity index (χ1n) is 11.5. The highest BCUT2D eigenvalue weighted by atomic mass is 32.1. The van der Waals surface area contributed by atoms with E-state index in [9.17, 15) is 22.4 Å². The van der Waals surface area contributed by atoms with Crippen molar-refractivity contribution in [2.75, 3.05) is 33.0 Å². The Bertz CT molecular complexity index is 1140.